The molecule has 3 fully saturated rings. The third-order valence-corrected chi connectivity index (χ3v) is 9.02. The molecular formula is C29H38BrN3O5. The van der Waals surface area contributed by atoms with Crippen LogP contribution < -0.4 is 0 Å². The van der Waals surface area contributed by atoms with E-state index in [-0.39, 0.29) is 35.2 Å². The van der Waals surface area contributed by atoms with E-state index >= 15 is 0 Å². The number of ether oxygens (including phenoxy) is 1. The Hall–Kier alpha value is -2.49. The summed E-state index contributed by atoms with van der Waals surface area (Å²) >= 11 is 3.71. The molecule has 3 saturated heterocycles. The van der Waals surface area contributed by atoms with Crippen LogP contribution in [-0.4, -0.2) is 98.9 Å². The first-order valence-electron chi connectivity index (χ1n) is 13.2. The number of hydrogen-bond donors (Lipinski definition) is 1. The Kier molecular flexibility index (Phi) is 8.49. The summed E-state index contributed by atoms with van der Waals surface area (Å²) in [4.78, 5) is 47.0. The Morgan fingerprint density at radius 1 is 1.21 bits per heavy atom. The number of carbonyl (C=O) groups excluding carboxylic acids is 3. The van der Waals surface area contributed by atoms with Gasteiger partial charge in [-0.05, 0) is 32.3 Å². The summed E-state index contributed by atoms with van der Waals surface area (Å²) < 4.78 is 6.61. The highest BCUT2D eigenvalue weighted by Crippen LogP contribution is 2.60. The minimum atomic E-state index is -1.18. The van der Waals surface area contributed by atoms with E-state index in [9.17, 15) is 19.5 Å². The molecule has 0 aromatic heterocycles. The summed E-state index contributed by atoms with van der Waals surface area (Å²) in [5.74, 6) is -2.34. The summed E-state index contributed by atoms with van der Waals surface area (Å²) in [6.07, 6.45) is 3.56. The molecule has 2 bridgehead atoms. The molecule has 8 nitrogen and oxygen atoms in total. The SMILES string of the molecule is C=CCN(C)C(=O)[C@H]1[C@H]2C(=O)N([C@@H](CO)Cc3ccccc3)C(C(=O)N(CC=C)C(C)C)C23CC(Br)[C@@H]1O3. The highest BCUT2D eigenvalue weighted by molar-refractivity contribution is 9.09. The van der Waals surface area contributed by atoms with Crippen molar-refractivity contribution >= 4 is 33.7 Å². The van der Waals surface area contributed by atoms with Gasteiger partial charge in [0.1, 0.15) is 11.6 Å². The quantitative estimate of drug-likeness (QED) is 0.317. The zero-order valence-electron chi connectivity index (χ0n) is 22.3. The maximum atomic E-state index is 14.4. The zero-order chi connectivity index (χ0) is 27.8. The van der Waals surface area contributed by atoms with E-state index in [1.165, 1.54) is 4.90 Å². The molecule has 0 aliphatic carbocycles. The van der Waals surface area contributed by atoms with Crippen molar-refractivity contribution in [1.82, 2.24) is 14.7 Å². The van der Waals surface area contributed by atoms with Crippen molar-refractivity contribution < 1.29 is 24.2 Å². The average Bonchev–Trinajstić information content (AvgIpc) is 3.49. The third kappa shape index (κ3) is 4.62. The molecule has 1 spiro atoms. The third-order valence-electron chi connectivity index (χ3n) is 8.18. The van der Waals surface area contributed by atoms with E-state index in [2.05, 4.69) is 29.1 Å². The Balaban J connectivity index is 1.82. The second-order valence-corrected chi connectivity index (χ2v) is 12.0. The Morgan fingerprint density at radius 3 is 2.45 bits per heavy atom. The molecule has 9 heteroatoms. The number of rotatable bonds is 11. The molecule has 3 unspecified atom stereocenters. The maximum absolute atomic E-state index is 14.4. The van der Waals surface area contributed by atoms with Gasteiger partial charge in [0.15, 0.2) is 0 Å². The molecule has 3 aliphatic rings. The second kappa shape index (κ2) is 11.3. The Bertz CT molecular complexity index is 1080. The van der Waals surface area contributed by atoms with Gasteiger partial charge in [0.2, 0.25) is 17.7 Å². The molecule has 3 heterocycles. The molecular weight excluding hydrogens is 550 g/mol. The molecule has 3 aliphatic heterocycles. The van der Waals surface area contributed by atoms with Gasteiger partial charge < -0.3 is 24.5 Å². The smallest absolute Gasteiger partial charge is 0.248 e. The fourth-order valence-corrected chi connectivity index (χ4v) is 7.49. The molecule has 206 valence electrons. The zero-order valence-corrected chi connectivity index (χ0v) is 23.9. The maximum Gasteiger partial charge on any atom is 0.248 e. The Morgan fingerprint density at radius 2 is 1.87 bits per heavy atom. The van der Waals surface area contributed by atoms with Crippen LogP contribution in [0.1, 0.15) is 25.8 Å². The van der Waals surface area contributed by atoms with Crippen molar-refractivity contribution in [2.75, 3.05) is 26.7 Å². The van der Waals surface area contributed by atoms with E-state index in [1.54, 1.807) is 29.0 Å². The van der Waals surface area contributed by atoms with Gasteiger partial charge in [-0.1, -0.05) is 58.4 Å². The number of carbonyl (C=O) groups is 3. The lowest BCUT2D eigenvalue weighted by Gasteiger charge is -2.40. The van der Waals surface area contributed by atoms with Crippen molar-refractivity contribution in [3.63, 3.8) is 0 Å². The molecule has 0 radical (unpaired) electrons. The van der Waals surface area contributed by atoms with Crippen molar-refractivity contribution in [3.8, 4) is 0 Å². The van der Waals surface area contributed by atoms with Crippen LogP contribution in [0.15, 0.2) is 55.6 Å². The minimum Gasteiger partial charge on any atom is -0.394 e. The van der Waals surface area contributed by atoms with Crippen LogP contribution in [0.3, 0.4) is 0 Å². The molecule has 1 aromatic rings. The predicted molar refractivity (Wildman–Crippen MR) is 148 cm³/mol. The first kappa shape index (κ1) is 28.5. The van der Waals surface area contributed by atoms with Crippen LogP contribution in [0, 0.1) is 11.8 Å². The number of amides is 3. The molecule has 3 amide bonds. The van der Waals surface area contributed by atoms with Gasteiger partial charge in [-0.15, -0.1) is 13.2 Å². The predicted octanol–water partition coefficient (Wildman–Crippen LogP) is 2.41. The summed E-state index contributed by atoms with van der Waals surface area (Å²) in [7, 11) is 1.68. The number of likely N-dealkylation sites (tertiary alicyclic amines) is 1. The van der Waals surface area contributed by atoms with Crippen LogP contribution in [0.5, 0.6) is 0 Å². The molecule has 1 aromatic carbocycles. The van der Waals surface area contributed by atoms with Crippen LogP contribution >= 0.6 is 15.9 Å². The van der Waals surface area contributed by atoms with Crippen molar-refractivity contribution in [2.45, 2.75) is 61.3 Å². The monoisotopic (exact) mass is 587 g/mol. The van der Waals surface area contributed by atoms with E-state index in [1.807, 2.05) is 44.2 Å². The molecule has 7 atom stereocenters. The summed E-state index contributed by atoms with van der Waals surface area (Å²) in [5.41, 5.74) is -0.241. The number of aliphatic hydroxyl groups is 1. The van der Waals surface area contributed by atoms with Gasteiger partial charge in [0.05, 0.1) is 30.6 Å². The number of benzene rings is 1. The molecule has 0 saturated carbocycles. The molecule has 1 N–H and O–H groups in total. The van der Waals surface area contributed by atoms with Crippen molar-refractivity contribution in [2.24, 2.45) is 11.8 Å². The standard InChI is InChI=1S/C29H38BrN3O5/c1-6-13-31(5)26(35)22-23-27(36)33(20(17-34)15-19-11-9-8-10-12-19)25(28(37)32(14-7-2)18(3)4)29(23)16-21(30)24(22)38-29/h6-12,18,20-25,34H,1-2,13-17H2,3-5H3/t20-,21?,22+,23+,24+,25?,29?/m1/s1. The first-order chi connectivity index (χ1) is 18.1. The lowest BCUT2D eigenvalue weighted by Crippen LogP contribution is -2.60. The number of alkyl halides is 1. The summed E-state index contributed by atoms with van der Waals surface area (Å²) in [5, 5.41) is 10.6. The normalized spacial score (nSPS) is 30.3. The minimum absolute atomic E-state index is 0.149. The van der Waals surface area contributed by atoms with Gasteiger partial charge >= 0.3 is 0 Å². The van der Waals surface area contributed by atoms with Gasteiger partial charge in [-0.3, -0.25) is 14.4 Å². The van der Waals surface area contributed by atoms with Crippen molar-refractivity contribution in [3.05, 3.63) is 61.2 Å². The number of hydrogen-bond acceptors (Lipinski definition) is 5. The van der Waals surface area contributed by atoms with Gasteiger partial charge in [-0.2, -0.15) is 0 Å². The van der Waals surface area contributed by atoms with E-state index in [0.717, 1.165) is 5.56 Å². The van der Waals surface area contributed by atoms with E-state index in [4.69, 9.17) is 4.74 Å². The summed E-state index contributed by atoms with van der Waals surface area (Å²) in [6, 6.07) is 7.80. The molecule has 4 rings (SSSR count). The van der Waals surface area contributed by atoms with Crippen LogP contribution in [0.2, 0.25) is 0 Å². The number of likely N-dealkylation sites (N-methyl/N-ethyl adjacent to an activating group) is 1. The average molecular weight is 589 g/mol. The lowest BCUT2D eigenvalue weighted by atomic mass is 9.70. The van der Waals surface area contributed by atoms with Crippen LogP contribution in [-0.2, 0) is 25.5 Å². The number of nitrogens with zero attached hydrogens (tertiary/aromatic N) is 3. The number of fused-ring (bicyclic) bond motifs is 1. The second-order valence-electron chi connectivity index (χ2n) is 10.8. The summed E-state index contributed by atoms with van der Waals surface area (Å²) in [6.45, 7) is 11.7. The van der Waals surface area contributed by atoms with Gasteiger partial charge in [-0.25, -0.2) is 0 Å². The first-order valence-corrected chi connectivity index (χ1v) is 14.1. The van der Waals surface area contributed by atoms with E-state index in [0.29, 0.717) is 25.9 Å². The number of aliphatic hydroxyl groups excluding tert-OH is 1. The highest BCUT2D eigenvalue weighted by atomic mass is 79.9. The highest BCUT2D eigenvalue weighted by Gasteiger charge is 2.77. The van der Waals surface area contributed by atoms with Gasteiger partial charge in [0.25, 0.3) is 0 Å². The van der Waals surface area contributed by atoms with Crippen LogP contribution in [0.4, 0.5) is 0 Å². The van der Waals surface area contributed by atoms with E-state index < -0.39 is 35.6 Å². The lowest BCUT2D eigenvalue weighted by molar-refractivity contribution is -0.152. The van der Waals surface area contributed by atoms with Gasteiger partial charge in [0, 0.05) is 31.0 Å². The van der Waals surface area contributed by atoms with Crippen molar-refractivity contribution in [1.29, 1.82) is 0 Å². The Labute approximate surface area is 233 Å². The largest absolute Gasteiger partial charge is 0.394 e. The molecule has 38 heavy (non-hydrogen) atoms. The van der Waals surface area contributed by atoms with Crippen LogP contribution in [0.25, 0.3) is 0 Å². The fraction of sp³-hybridized carbons (Fsp3) is 0.552. The fourth-order valence-electron chi connectivity index (χ4n) is 6.55. The topological polar surface area (TPSA) is 90.4 Å². The number of halogens is 1.